The molecule has 1 aromatic heterocycles. The van der Waals surface area contributed by atoms with Gasteiger partial charge in [0.2, 0.25) is 0 Å². The molecule has 0 saturated carbocycles. The van der Waals surface area contributed by atoms with Gasteiger partial charge in [-0.05, 0) is 78.0 Å². The molecule has 20 heavy (non-hydrogen) atoms. The maximum absolute atomic E-state index is 10.0. The molecule has 112 valence electrons. The first-order valence-corrected chi connectivity index (χ1v) is 8.45. The highest BCUT2D eigenvalue weighted by atomic mass is 32.1. The Morgan fingerprint density at radius 3 is 2.25 bits per heavy atom. The molecule has 2 aliphatic heterocycles. The highest BCUT2D eigenvalue weighted by molar-refractivity contribution is 7.13. The van der Waals surface area contributed by atoms with Gasteiger partial charge in [-0.1, -0.05) is 0 Å². The Morgan fingerprint density at radius 1 is 1.15 bits per heavy atom. The van der Waals surface area contributed by atoms with Crippen molar-refractivity contribution in [3.8, 4) is 0 Å². The maximum Gasteiger partial charge on any atom is 0.160 e. The van der Waals surface area contributed by atoms with Crippen LogP contribution >= 0.6 is 11.3 Å². The van der Waals surface area contributed by atoms with E-state index < -0.39 is 0 Å². The molecular formula is C16H26N2OS. The van der Waals surface area contributed by atoms with E-state index in [9.17, 15) is 4.79 Å². The summed E-state index contributed by atoms with van der Waals surface area (Å²) in [5, 5.41) is 0. The average molecular weight is 294 g/mol. The number of aldehydes is 1. The number of hydrogen-bond donors (Lipinski definition) is 0. The third-order valence-electron chi connectivity index (χ3n) is 4.22. The molecule has 1 aromatic rings. The quantitative estimate of drug-likeness (QED) is 0.783. The van der Waals surface area contributed by atoms with Crippen molar-refractivity contribution in [2.24, 2.45) is 0 Å². The predicted octanol–water partition coefficient (Wildman–Crippen LogP) is 3.05. The normalized spacial score (nSPS) is 21.5. The first-order chi connectivity index (χ1) is 9.69. The molecular weight excluding hydrogens is 268 g/mol. The number of nitrogens with zero attached hydrogens (tertiary/aromatic N) is 2. The minimum absolute atomic E-state index is 0.808. The molecule has 0 radical (unpaired) electrons. The summed E-state index contributed by atoms with van der Waals surface area (Å²) < 4.78 is 0. The van der Waals surface area contributed by atoms with Gasteiger partial charge in [-0.25, -0.2) is 0 Å². The Kier molecular flexibility index (Phi) is 6.20. The van der Waals surface area contributed by atoms with Gasteiger partial charge in [-0.2, -0.15) is 0 Å². The van der Waals surface area contributed by atoms with Crippen LogP contribution in [0, 0.1) is 6.92 Å². The molecule has 0 amide bonds. The van der Waals surface area contributed by atoms with Gasteiger partial charge in [-0.3, -0.25) is 4.79 Å². The Balaban J connectivity index is 0.000000160. The smallest absolute Gasteiger partial charge is 0.160 e. The van der Waals surface area contributed by atoms with E-state index >= 15 is 0 Å². The third-order valence-corrected chi connectivity index (χ3v) is 5.15. The minimum atomic E-state index is 0.808. The SMILES string of the molecule is CN1CCC(N2CCCC2)CC1.Cc1ccc(C=O)s1. The fraction of sp³-hybridized carbons (Fsp3) is 0.688. The molecule has 3 heterocycles. The van der Waals surface area contributed by atoms with Gasteiger partial charge in [0.05, 0.1) is 4.88 Å². The fourth-order valence-corrected chi connectivity index (χ4v) is 3.68. The summed E-state index contributed by atoms with van der Waals surface area (Å²) in [5.74, 6) is 0. The molecule has 0 N–H and O–H groups in total. The van der Waals surface area contributed by atoms with Crippen molar-refractivity contribution in [1.82, 2.24) is 9.80 Å². The fourth-order valence-electron chi connectivity index (χ4n) is 2.98. The Morgan fingerprint density at radius 2 is 1.80 bits per heavy atom. The largest absolute Gasteiger partial charge is 0.306 e. The molecule has 3 nitrogen and oxygen atoms in total. The number of piperidine rings is 1. The summed E-state index contributed by atoms with van der Waals surface area (Å²) in [7, 11) is 2.24. The van der Waals surface area contributed by atoms with Crippen LogP contribution in [0.25, 0.3) is 0 Å². The number of thiophene rings is 1. The lowest BCUT2D eigenvalue weighted by atomic mass is 10.0. The Labute approximate surface area is 126 Å². The summed E-state index contributed by atoms with van der Waals surface area (Å²) in [5.41, 5.74) is 0. The topological polar surface area (TPSA) is 23.6 Å². The van der Waals surface area contributed by atoms with Crippen LogP contribution in [0.1, 0.15) is 40.2 Å². The van der Waals surface area contributed by atoms with Crippen molar-refractivity contribution in [2.75, 3.05) is 33.2 Å². The first-order valence-electron chi connectivity index (χ1n) is 7.63. The summed E-state index contributed by atoms with van der Waals surface area (Å²) in [4.78, 5) is 17.2. The van der Waals surface area contributed by atoms with Crippen LogP contribution in [-0.2, 0) is 0 Å². The number of carbonyl (C=O) groups is 1. The monoisotopic (exact) mass is 294 g/mol. The van der Waals surface area contributed by atoms with Gasteiger partial charge in [0.25, 0.3) is 0 Å². The second kappa shape index (κ2) is 7.91. The lowest BCUT2D eigenvalue weighted by Crippen LogP contribution is -2.42. The van der Waals surface area contributed by atoms with Crippen LogP contribution < -0.4 is 0 Å². The molecule has 0 spiro atoms. The van der Waals surface area contributed by atoms with Crippen LogP contribution in [0.3, 0.4) is 0 Å². The van der Waals surface area contributed by atoms with Crippen molar-refractivity contribution in [1.29, 1.82) is 0 Å². The molecule has 4 heteroatoms. The zero-order valence-electron chi connectivity index (χ0n) is 12.7. The molecule has 0 aromatic carbocycles. The van der Waals surface area contributed by atoms with E-state index in [1.165, 1.54) is 68.1 Å². The number of rotatable bonds is 2. The molecule has 2 saturated heterocycles. The highest BCUT2D eigenvalue weighted by Crippen LogP contribution is 2.20. The van der Waals surface area contributed by atoms with Gasteiger partial charge < -0.3 is 9.80 Å². The summed E-state index contributed by atoms with van der Waals surface area (Å²) in [6, 6.07) is 4.69. The van der Waals surface area contributed by atoms with Crippen molar-refractivity contribution >= 4 is 17.6 Å². The molecule has 0 unspecified atom stereocenters. The van der Waals surface area contributed by atoms with Crippen LogP contribution in [0.2, 0.25) is 0 Å². The van der Waals surface area contributed by atoms with Gasteiger partial charge in [0, 0.05) is 10.9 Å². The lowest BCUT2D eigenvalue weighted by Gasteiger charge is -2.34. The number of hydrogen-bond acceptors (Lipinski definition) is 4. The predicted molar refractivity (Wildman–Crippen MR) is 85.8 cm³/mol. The van der Waals surface area contributed by atoms with Crippen LogP contribution in [0.4, 0.5) is 0 Å². The zero-order chi connectivity index (χ0) is 14.4. The second-order valence-electron chi connectivity index (χ2n) is 5.84. The number of aryl methyl sites for hydroxylation is 1. The molecule has 0 aliphatic carbocycles. The summed E-state index contributed by atoms with van der Waals surface area (Å²) in [6.07, 6.45) is 6.54. The molecule has 0 atom stereocenters. The average Bonchev–Trinajstić information content (AvgIpc) is 3.11. The van der Waals surface area contributed by atoms with E-state index in [1.54, 1.807) is 0 Å². The highest BCUT2D eigenvalue weighted by Gasteiger charge is 2.24. The second-order valence-corrected chi connectivity index (χ2v) is 7.16. The molecule has 2 aliphatic rings. The van der Waals surface area contributed by atoms with Crippen LogP contribution in [0.15, 0.2) is 12.1 Å². The summed E-state index contributed by atoms with van der Waals surface area (Å²) in [6.45, 7) is 7.34. The minimum Gasteiger partial charge on any atom is -0.306 e. The number of carbonyl (C=O) groups excluding carboxylic acids is 1. The standard InChI is InChI=1S/C10H20N2.C6H6OS/c1-11-8-4-10(5-9-11)12-6-2-3-7-12;1-5-2-3-6(4-7)8-5/h10H,2-9H2,1H3;2-4H,1H3. The van der Waals surface area contributed by atoms with Gasteiger partial charge in [-0.15, -0.1) is 11.3 Å². The van der Waals surface area contributed by atoms with Crippen molar-refractivity contribution < 1.29 is 4.79 Å². The van der Waals surface area contributed by atoms with Crippen molar-refractivity contribution in [3.05, 3.63) is 21.9 Å². The van der Waals surface area contributed by atoms with Crippen LogP contribution in [-0.4, -0.2) is 55.4 Å². The lowest BCUT2D eigenvalue weighted by molar-refractivity contribution is 0.112. The van der Waals surface area contributed by atoms with E-state index in [0.717, 1.165) is 17.2 Å². The molecule has 3 rings (SSSR count). The Bertz CT molecular complexity index is 404. The van der Waals surface area contributed by atoms with Gasteiger partial charge in [0.15, 0.2) is 6.29 Å². The third kappa shape index (κ3) is 4.69. The molecule has 2 fully saturated rings. The van der Waals surface area contributed by atoms with Gasteiger partial charge >= 0.3 is 0 Å². The Hall–Kier alpha value is -0.710. The first kappa shape index (κ1) is 15.7. The van der Waals surface area contributed by atoms with E-state index in [4.69, 9.17) is 0 Å². The van der Waals surface area contributed by atoms with Gasteiger partial charge in [0.1, 0.15) is 0 Å². The van der Waals surface area contributed by atoms with E-state index in [-0.39, 0.29) is 0 Å². The number of likely N-dealkylation sites (tertiary alicyclic amines) is 2. The zero-order valence-corrected chi connectivity index (χ0v) is 13.5. The van der Waals surface area contributed by atoms with E-state index in [2.05, 4.69) is 16.8 Å². The maximum atomic E-state index is 10.0. The van der Waals surface area contributed by atoms with Crippen molar-refractivity contribution in [3.63, 3.8) is 0 Å². The van der Waals surface area contributed by atoms with Crippen molar-refractivity contribution in [2.45, 2.75) is 38.6 Å². The van der Waals surface area contributed by atoms with E-state index in [1.807, 2.05) is 19.1 Å². The van der Waals surface area contributed by atoms with E-state index in [0.29, 0.717) is 0 Å². The summed E-state index contributed by atoms with van der Waals surface area (Å²) >= 11 is 1.52. The molecule has 0 bridgehead atoms. The van der Waals surface area contributed by atoms with Crippen LogP contribution in [0.5, 0.6) is 0 Å².